The van der Waals surface area contributed by atoms with Gasteiger partial charge >= 0.3 is 6.09 Å². The van der Waals surface area contributed by atoms with Gasteiger partial charge in [-0.1, -0.05) is 41.0 Å². The summed E-state index contributed by atoms with van der Waals surface area (Å²) in [6.45, 7) is 12.3. The van der Waals surface area contributed by atoms with E-state index in [0.717, 1.165) is 12.8 Å². The molecule has 156 valence electrons. The zero-order valence-electron chi connectivity index (χ0n) is 17.5. The molecule has 5 atom stereocenters. The monoisotopic (exact) mass is 383 g/mol. The largest absolute Gasteiger partial charge is 0.465 e. The van der Waals surface area contributed by atoms with Crippen molar-refractivity contribution in [3.63, 3.8) is 0 Å². The van der Waals surface area contributed by atoms with E-state index < -0.39 is 18.0 Å². The second-order valence-electron chi connectivity index (χ2n) is 8.71. The summed E-state index contributed by atoms with van der Waals surface area (Å²) in [5.74, 6) is 1.22. The van der Waals surface area contributed by atoms with Crippen molar-refractivity contribution in [2.24, 2.45) is 29.6 Å². The molecule has 0 spiro atoms. The van der Waals surface area contributed by atoms with Crippen molar-refractivity contribution in [1.29, 1.82) is 0 Å². The van der Waals surface area contributed by atoms with E-state index in [4.69, 9.17) is 5.11 Å². The van der Waals surface area contributed by atoms with Crippen LogP contribution in [0.1, 0.15) is 60.8 Å². The molecule has 3 amide bonds. The Bertz CT molecular complexity index is 521. The van der Waals surface area contributed by atoms with Gasteiger partial charge in [-0.2, -0.15) is 0 Å². The molecule has 7 nitrogen and oxygen atoms in total. The molecule has 0 aromatic carbocycles. The summed E-state index contributed by atoms with van der Waals surface area (Å²) in [6.07, 6.45) is 1.93. The van der Waals surface area contributed by atoms with Crippen molar-refractivity contribution in [3.05, 3.63) is 0 Å². The first kappa shape index (κ1) is 23.2. The van der Waals surface area contributed by atoms with Crippen LogP contribution in [-0.4, -0.2) is 41.6 Å². The molecule has 1 aliphatic rings. The predicted molar refractivity (Wildman–Crippen MR) is 105 cm³/mol. The van der Waals surface area contributed by atoms with Crippen LogP contribution in [0.4, 0.5) is 4.79 Å². The van der Waals surface area contributed by atoms with Gasteiger partial charge in [-0.05, 0) is 43.4 Å². The van der Waals surface area contributed by atoms with Crippen LogP contribution < -0.4 is 16.0 Å². The zero-order valence-corrected chi connectivity index (χ0v) is 17.5. The van der Waals surface area contributed by atoms with Gasteiger partial charge in [0.25, 0.3) is 0 Å². The van der Waals surface area contributed by atoms with Crippen LogP contribution >= 0.6 is 0 Å². The Balaban J connectivity index is 2.65. The molecular weight excluding hydrogens is 346 g/mol. The summed E-state index contributed by atoms with van der Waals surface area (Å²) in [5.41, 5.74) is 0. The maximum absolute atomic E-state index is 12.8. The van der Waals surface area contributed by atoms with E-state index in [-0.39, 0.29) is 23.8 Å². The fraction of sp³-hybridized carbons (Fsp3) is 0.850. The minimum Gasteiger partial charge on any atom is -0.465 e. The Hall–Kier alpha value is -1.79. The van der Waals surface area contributed by atoms with E-state index in [1.165, 1.54) is 13.3 Å². The molecule has 0 radical (unpaired) electrons. The summed E-state index contributed by atoms with van der Waals surface area (Å²) in [5, 5.41) is 16.8. The van der Waals surface area contributed by atoms with Crippen LogP contribution in [-0.2, 0) is 9.59 Å². The number of hydrogen-bond donors (Lipinski definition) is 4. The SMILES string of the molecule is CC(C)[C@@H](CNC(=O)[C@@H]1C[C@H](C)CC[C@H]1C(C)C)NC(=O)[C@@H](C)NC(=O)O. The molecule has 1 fully saturated rings. The number of hydrogen-bond acceptors (Lipinski definition) is 3. The Labute approximate surface area is 163 Å². The summed E-state index contributed by atoms with van der Waals surface area (Å²) in [4.78, 5) is 35.7. The van der Waals surface area contributed by atoms with Gasteiger partial charge in [0.2, 0.25) is 11.8 Å². The van der Waals surface area contributed by atoms with Gasteiger partial charge in [-0.3, -0.25) is 9.59 Å². The van der Waals surface area contributed by atoms with Crippen LogP contribution in [0.3, 0.4) is 0 Å². The molecule has 0 unspecified atom stereocenters. The van der Waals surface area contributed by atoms with Crippen molar-refractivity contribution < 1.29 is 19.5 Å². The maximum Gasteiger partial charge on any atom is 0.405 e. The van der Waals surface area contributed by atoms with E-state index in [1.54, 1.807) is 0 Å². The van der Waals surface area contributed by atoms with E-state index in [0.29, 0.717) is 24.3 Å². The number of carbonyl (C=O) groups excluding carboxylic acids is 2. The highest BCUT2D eigenvalue weighted by Gasteiger charge is 2.35. The zero-order chi connectivity index (χ0) is 20.7. The van der Waals surface area contributed by atoms with E-state index in [1.807, 2.05) is 13.8 Å². The minimum absolute atomic E-state index is 0.0184. The van der Waals surface area contributed by atoms with E-state index in [9.17, 15) is 14.4 Å². The van der Waals surface area contributed by atoms with Crippen LogP contribution in [0.15, 0.2) is 0 Å². The fourth-order valence-electron chi connectivity index (χ4n) is 3.86. The molecule has 1 aliphatic carbocycles. The lowest BCUT2D eigenvalue weighted by Gasteiger charge is -2.36. The molecule has 0 aliphatic heterocycles. The minimum atomic E-state index is -1.24. The maximum atomic E-state index is 12.8. The standard InChI is InChI=1S/C20H37N3O4/c1-11(2)15-8-7-13(5)9-16(15)19(25)21-10-17(12(3)4)23-18(24)14(6)22-20(26)27/h11-17,22H,7-10H2,1-6H3,(H,21,25)(H,23,24)(H,26,27)/t13-,14-,15+,16-,17-/m1/s1. The van der Waals surface area contributed by atoms with Crippen LogP contribution in [0.5, 0.6) is 0 Å². The van der Waals surface area contributed by atoms with E-state index in [2.05, 4.69) is 36.7 Å². The Kier molecular flexibility index (Phi) is 9.06. The van der Waals surface area contributed by atoms with Crippen LogP contribution in [0.25, 0.3) is 0 Å². The van der Waals surface area contributed by atoms with Crippen molar-refractivity contribution >= 4 is 17.9 Å². The second-order valence-corrected chi connectivity index (χ2v) is 8.71. The van der Waals surface area contributed by atoms with Crippen molar-refractivity contribution in [2.45, 2.75) is 72.9 Å². The molecule has 1 saturated carbocycles. The van der Waals surface area contributed by atoms with Gasteiger partial charge in [0, 0.05) is 18.5 Å². The molecule has 27 heavy (non-hydrogen) atoms. The summed E-state index contributed by atoms with van der Waals surface area (Å²) in [7, 11) is 0. The number of carboxylic acid groups (broad SMARTS) is 1. The highest BCUT2D eigenvalue weighted by atomic mass is 16.4. The molecule has 0 heterocycles. The molecule has 4 N–H and O–H groups in total. The second kappa shape index (κ2) is 10.5. The molecular formula is C20H37N3O4. The summed E-state index contributed by atoms with van der Waals surface area (Å²) >= 11 is 0. The van der Waals surface area contributed by atoms with Crippen molar-refractivity contribution in [3.8, 4) is 0 Å². The Morgan fingerprint density at radius 3 is 2.19 bits per heavy atom. The average molecular weight is 384 g/mol. The normalized spacial score (nSPS) is 25.0. The molecule has 0 bridgehead atoms. The van der Waals surface area contributed by atoms with Gasteiger partial charge in [0.05, 0.1) is 0 Å². The first-order chi connectivity index (χ1) is 12.5. The molecule has 1 rings (SSSR count). The lowest BCUT2D eigenvalue weighted by Crippen LogP contribution is -2.53. The number of nitrogens with one attached hydrogen (secondary N) is 3. The predicted octanol–water partition coefficient (Wildman–Crippen LogP) is 2.61. The molecule has 0 saturated heterocycles. The lowest BCUT2D eigenvalue weighted by molar-refractivity contribution is -0.130. The van der Waals surface area contributed by atoms with Gasteiger partial charge in [0.15, 0.2) is 0 Å². The summed E-state index contributed by atoms with van der Waals surface area (Å²) < 4.78 is 0. The van der Waals surface area contributed by atoms with Gasteiger partial charge in [-0.15, -0.1) is 0 Å². The van der Waals surface area contributed by atoms with Crippen molar-refractivity contribution in [1.82, 2.24) is 16.0 Å². The number of rotatable bonds is 8. The van der Waals surface area contributed by atoms with Crippen LogP contribution in [0.2, 0.25) is 0 Å². The molecule has 0 aromatic rings. The number of carbonyl (C=O) groups is 3. The summed E-state index contributed by atoms with van der Waals surface area (Å²) in [6, 6.07) is -1.10. The molecule has 0 aromatic heterocycles. The Morgan fingerprint density at radius 2 is 1.67 bits per heavy atom. The number of amides is 3. The fourth-order valence-corrected chi connectivity index (χ4v) is 3.86. The third kappa shape index (κ3) is 7.39. The molecule has 7 heteroatoms. The highest BCUT2D eigenvalue weighted by Crippen LogP contribution is 2.38. The van der Waals surface area contributed by atoms with Gasteiger partial charge < -0.3 is 21.1 Å². The quantitative estimate of drug-likeness (QED) is 0.517. The third-order valence-electron chi connectivity index (χ3n) is 5.72. The Morgan fingerprint density at radius 1 is 1.04 bits per heavy atom. The highest BCUT2D eigenvalue weighted by molar-refractivity contribution is 5.85. The average Bonchev–Trinajstić information content (AvgIpc) is 2.56. The lowest BCUT2D eigenvalue weighted by atomic mass is 9.70. The third-order valence-corrected chi connectivity index (χ3v) is 5.72. The van der Waals surface area contributed by atoms with Crippen molar-refractivity contribution in [2.75, 3.05) is 6.54 Å². The smallest absolute Gasteiger partial charge is 0.405 e. The first-order valence-electron chi connectivity index (χ1n) is 10.1. The van der Waals surface area contributed by atoms with Gasteiger partial charge in [-0.25, -0.2) is 4.79 Å². The first-order valence-corrected chi connectivity index (χ1v) is 10.1. The topological polar surface area (TPSA) is 108 Å². The van der Waals surface area contributed by atoms with Gasteiger partial charge in [0.1, 0.15) is 6.04 Å². The van der Waals surface area contributed by atoms with E-state index >= 15 is 0 Å². The van der Waals surface area contributed by atoms with Crippen LogP contribution in [0, 0.1) is 29.6 Å².